The molecule has 0 aliphatic carbocycles. The molecule has 0 radical (unpaired) electrons. The molecule has 0 amide bonds. The highest BCUT2D eigenvalue weighted by Gasteiger charge is 2.10. The molecule has 0 unspecified atom stereocenters. The highest BCUT2D eigenvalue weighted by Crippen LogP contribution is 2.33. The average molecular weight is 130 g/mol. The van der Waals surface area contributed by atoms with Gasteiger partial charge in [0.05, 0.1) is 0 Å². The molecule has 46 valence electrons. The molecule has 0 spiro atoms. The average Bonchev–Trinajstić information content (AvgIpc) is 1.35. The van der Waals surface area contributed by atoms with E-state index in [-0.39, 0.29) is 7.43 Å². The van der Waals surface area contributed by atoms with E-state index in [1.54, 1.807) is 0 Å². The molecule has 6 heteroatoms. The van der Waals surface area contributed by atoms with Crippen LogP contribution in [0.4, 0.5) is 0 Å². The van der Waals surface area contributed by atoms with Gasteiger partial charge in [0.2, 0.25) is 0 Å². The summed E-state index contributed by atoms with van der Waals surface area (Å²) in [5, 5.41) is 7.14. The first-order chi connectivity index (χ1) is 2.56. The number of rotatable bonds is 1. The van der Waals surface area contributed by atoms with E-state index in [0.717, 1.165) is 0 Å². The summed E-state index contributed by atoms with van der Waals surface area (Å²) >= 11 is 0. The Balaban J connectivity index is 0. The van der Waals surface area contributed by atoms with Gasteiger partial charge in [-0.1, -0.05) is 7.43 Å². The topological polar surface area (TPSA) is 87.0 Å². The third-order valence-corrected chi connectivity index (χ3v) is 0.319. The van der Waals surface area contributed by atoms with Crippen LogP contribution in [0.3, 0.4) is 0 Å². The number of hydrogen-bond donors (Lipinski definition) is 3. The zero-order chi connectivity index (χ0) is 5.21. The van der Waals surface area contributed by atoms with Crippen molar-refractivity contribution in [1.82, 2.24) is 0 Å². The molecule has 5 nitrogen and oxygen atoms in total. The van der Waals surface area contributed by atoms with Gasteiger partial charge in [0, 0.05) is 0 Å². The summed E-state index contributed by atoms with van der Waals surface area (Å²) in [6.07, 6.45) is 0. The molecule has 0 saturated carbocycles. The van der Waals surface area contributed by atoms with Crippen LogP contribution < -0.4 is 0 Å². The van der Waals surface area contributed by atoms with Crippen LogP contribution >= 0.6 is 7.82 Å². The fourth-order valence-electron chi connectivity index (χ4n) is 0. The molecule has 0 atom stereocenters. The van der Waals surface area contributed by atoms with Crippen LogP contribution in [-0.2, 0) is 9.24 Å². The lowest BCUT2D eigenvalue weighted by atomic mass is 12.0. The van der Waals surface area contributed by atoms with Crippen molar-refractivity contribution < 1.29 is 24.3 Å². The maximum absolute atomic E-state index is 9.22. The Morgan fingerprint density at radius 1 is 1.43 bits per heavy atom. The second kappa shape index (κ2) is 3.12. The predicted octanol–water partition coefficient (Wildman–Crippen LogP) is 0.205. The van der Waals surface area contributed by atoms with Crippen molar-refractivity contribution in [3.8, 4) is 0 Å². The van der Waals surface area contributed by atoms with Crippen LogP contribution in [0.2, 0.25) is 0 Å². The summed E-state index contributed by atoms with van der Waals surface area (Å²) in [6, 6.07) is 0. The molecule has 0 aliphatic rings. The minimum absolute atomic E-state index is 0. The van der Waals surface area contributed by atoms with Crippen LogP contribution in [0, 0.1) is 0 Å². The summed E-state index contributed by atoms with van der Waals surface area (Å²) in [5.41, 5.74) is 0. The fraction of sp³-hybridized carbons (Fsp3) is 1.00. The molecule has 0 aliphatic heterocycles. The number of phosphoric acid groups is 1. The Labute approximate surface area is 40.7 Å². The van der Waals surface area contributed by atoms with E-state index in [0.29, 0.717) is 0 Å². The van der Waals surface area contributed by atoms with Gasteiger partial charge in [-0.3, -0.25) is 0 Å². The van der Waals surface area contributed by atoms with Gasteiger partial charge >= 0.3 is 7.82 Å². The first-order valence-corrected chi connectivity index (χ1v) is 2.48. The lowest BCUT2D eigenvalue weighted by Gasteiger charge is -1.90. The van der Waals surface area contributed by atoms with Crippen molar-refractivity contribution in [2.45, 2.75) is 7.43 Å². The molecular weight excluding hydrogens is 123 g/mol. The Morgan fingerprint density at radius 2 is 1.57 bits per heavy atom. The summed E-state index contributed by atoms with van der Waals surface area (Å²) in [4.78, 5) is 14.9. The van der Waals surface area contributed by atoms with Crippen LogP contribution in [0.15, 0.2) is 0 Å². The molecule has 0 rings (SSSR count). The molecule has 0 bridgehead atoms. The first kappa shape index (κ1) is 10.1. The van der Waals surface area contributed by atoms with Gasteiger partial charge in [-0.2, -0.15) is 0 Å². The molecule has 7 heavy (non-hydrogen) atoms. The van der Waals surface area contributed by atoms with Crippen molar-refractivity contribution in [1.29, 1.82) is 0 Å². The Kier molecular flexibility index (Phi) is 4.52. The molecule has 0 fully saturated rings. The largest absolute Gasteiger partial charge is 0.496 e. The maximum Gasteiger partial charge on any atom is 0.496 e. The van der Waals surface area contributed by atoms with E-state index in [1.807, 2.05) is 0 Å². The molecular formula is CH7O5P. The third kappa shape index (κ3) is 10.7. The van der Waals surface area contributed by atoms with Gasteiger partial charge in [-0.05, 0) is 0 Å². The quantitative estimate of drug-likeness (QED) is 0.268. The minimum Gasteiger partial charge on any atom is -0.301 e. The zero-order valence-electron chi connectivity index (χ0n) is 2.61. The Bertz CT molecular complexity index is 72.1. The van der Waals surface area contributed by atoms with Crippen LogP contribution in [0.1, 0.15) is 7.43 Å². The van der Waals surface area contributed by atoms with Gasteiger partial charge in [0.1, 0.15) is 0 Å². The van der Waals surface area contributed by atoms with E-state index < -0.39 is 7.82 Å². The second-order valence-electron chi connectivity index (χ2n) is 0.572. The SMILES string of the molecule is C.O=P(O)(O)OO. The molecule has 0 aromatic heterocycles. The lowest BCUT2D eigenvalue weighted by Crippen LogP contribution is -1.77. The predicted molar refractivity (Wildman–Crippen MR) is 22.5 cm³/mol. The smallest absolute Gasteiger partial charge is 0.301 e. The van der Waals surface area contributed by atoms with Crippen LogP contribution in [-0.4, -0.2) is 15.0 Å². The van der Waals surface area contributed by atoms with Gasteiger partial charge in [0.15, 0.2) is 0 Å². The monoisotopic (exact) mass is 130 g/mol. The van der Waals surface area contributed by atoms with Crippen molar-refractivity contribution in [3.05, 3.63) is 0 Å². The van der Waals surface area contributed by atoms with Crippen LogP contribution in [0.5, 0.6) is 0 Å². The van der Waals surface area contributed by atoms with Crippen molar-refractivity contribution in [2.24, 2.45) is 0 Å². The highest BCUT2D eigenvalue weighted by molar-refractivity contribution is 7.46. The summed E-state index contributed by atoms with van der Waals surface area (Å²) in [7, 11) is -4.59. The van der Waals surface area contributed by atoms with Gasteiger partial charge in [-0.25, -0.2) is 9.82 Å². The Morgan fingerprint density at radius 3 is 1.57 bits per heavy atom. The first-order valence-electron chi connectivity index (χ1n) is 0.948. The molecule has 0 heterocycles. The summed E-state index contributed by atoms with van der Waals surface area (Å²) in [5.74, 6) is 0. The molecule has 0 aromatic rings. The highest BCUT2D eigenvalue weighted by atomic mass is 31.2. The van der Waals surface area contributed by atoms with E-state index in [1.165, 1.54) is 0 Å². The normalized spacial score (nSPS) is 10.1. The van der Waals surface area contributed by atoms with Crippen molar-refractivity contribution in [3.63, 3.8) is 0 Å². The summed E-state index contributed by atoms with van der Waals surface area (Å²) in [6.45, 7) is 0. The maximum atomic E-state index is 9.22. The van der Waals surface area contributed by atoms with E-state index in [9.17, 15) is 4.57 Å². The Hall–Kier alpha value is 0.0700. The minimum atomic E-state index is -4.59. The third-order valence-electron chi connectivity index (χ3n) is 0.106. The molecule has 3 N–H and O–H groups in total. The zero-order valence-corrected chi connectivity index (χ0v) is 3.50. The second-order valence-corrected chi connectivity index (χ2v) is 1.72. The standard InChI is InChI=1S/CH4.H3O5P/c;1-5-6(2,3)4/h1H4;1H,(H2,2,3,4). The number of hydrogen-bond acceptors (Lipinski definition) is 3. The van der Waals surface area contributed by atoms with E-state index >= 15 is 0 Å². The summed E-state index contributed by atoms with van der Waals surface area (Å²) < 4.78 is 11.8. The van der Waals surface area contributed by atoms with Crippen molar-refractivity contribution in [2.75, 3.05) is 0 Å². The van der Waals surface area contributed by atoms with Gasteiger partial charge in [0.25, 0.3) is 0 Å². The van der Waals surface area contributed by atoms with Gasteiger partial charge < -0.3 is 9.79 Å². The van der Waals surface area contributed by atoms with E-state index in [2.05, 4.69) is 4.67 Å². The van der Waals surface area contributed by atoms with Gasteiger partial charge in [-0.15, -0.1) is 4.67 Å². The van der Waals surface area contributed by atoms with Crippen molar-refractivity contribution >= 4 is 7.82 Å². The van der Waals surface area contributed by atoms with Crippen LogP contribution in [0.25, 0.3) is 0 Å². The molecule has 0 aromatic carbocycles. The van der Waals surface area contributed by atoms with E-state index in [4.69, 9.17) is 15.0 Å². The molecule has 0 saturated heterocycles. The lowest BCUT2D eigenvalue weighted by molar-refractivity contribution is -0.158. The fourth-order valence-corrected chi connectivity index (χ4v) is 0.